The molecule has 0 unspecified atom stereocenters. The van der Waals surface area contributed by atoms with Gasteiger partial charge < -0.3 is 14.8 Å². The van der Waals surface area contributed by atoms with Crippen molar-refractivity contribution in [2.24, 2.45) is 0 Å². The summed E-state index contributed by atoms with van der Waals surface area (Å²) in [6.07, 6.45) is 3.53. The number of hydrogen-bond donors (Lipinski definition) is 1. The highest BCUT2D eigenvalue weighted by atomic mass is 32.2. The zero-order valence-electron chi connectivity index (χ0n) is 15.1. The van der Waals surface area contributed by atoms with Crippen LogP contribution in [0.25, 0.3) is 0 Å². The summed E-state index contributed by atoms with van der Waals surface area (Å²) in [4.78, 5) is 23.9. The van der Waals surface area contributed by atoms with Gasteiger partial charge in [0, 0.05) is 25.4 Å². The standard InChI is InChI=1S/C18H24N2O6S/c21-17(13-26-18(22)16-8-5-11-25-16)19-14-6-4-7-15(12-14)27(23,24)20-9-2-1-3-10-20/h4,6-7,12,16H,1-3,5,8-11,13H2,(H,19,21)/t16-/m0/s1. The minimum absolute atomic E-state index is 0.138. The summed E-state index contributed by atoms with van der Waals surface area (Å²) in [7, 11) is -3.58. The Hall–Kier alpha value is -1.97. The number of amides is 1. The molecule has 8 nitrogen and oxygen atoms in total. The lowest BCUT2D eigenvalue weighted by Crippen LogP contribution is -2.35. The van der Waals surface area contributed by atoms with Crippen LogP contribution in [0.15, 0.2) is 29.2 Å². The number of anilines is 1. The molecule has 0 bridgehead atoms. The van der Waals surface area contributed by atoms with Crippen LogP contribution < -0.4 is 5.32 Å². The monoisotopic (exact) mass is 396 g/mol. The molecule has 2 aliphatic heterocycles. The van der Waals surface area contributed by atoms with Gasteiger partial charge in [0.25, 0.3) is 5.91 Å². The van der Waals surface area contributed by atoms with Crippen LogP contribution in [0.2, 0.25) is 0 Å². The van der Waals surface area contributed by atoms with Crippen molar-refractivity contribution in [2.45, 2.75) is 43.1 Å². The van der Waals surface area contributed by atoms with E-state index in [1.54, 1.807) is 12.1 Å². The van der Waals surface area contributed by atoms with Crippen molar-refractivity contribution in [3.8, 4) is 0 Å². The van der Waals surface area contributed by atoms with Gasteiger partial charge >= 0.3 is 5.97 Å². The van der Waals surface area contributed by atoms with Gasteiger partial charge in [-0.1, -0.05) is 12.5 Å². The van der Waals surface area contributed by atoms with Gasteiger partial charge in [-0.15, -0.1) is 0 Å². The van der Waals surface area contributed by atoms with Gasteiger partial charge in [-0.05, 0) is 43.9 Å². The van der Waals surface area contributed by atoms with Crippen LogP contribution in [-0.2, 0) is 29.1 Å². The van der Waals surface area contributed by atoms with Crippen LogP contribution in [0.5, 0.6) is 0 Å². The molecule has 0 aliphatic carbocycles. The number of carbonyl (C=O) groups excluding carboxylic acids is 2. The number of rotatable bonds is 6. The molecule has 2 heterocycles. The lowest BCUT2D eigenvalue weighted by Gasteiger charge is -2.26. The summed E-state index contributed by atoms with van der Waals surface area (Å²) in [6, 6.07) is 6.10. The van der Waals surface area contributed by atoms with Crippen molar-refractivity contribution in [1.29, 1.82) is 0 Å². The molecule has 1 N–H and O–H groups in total. The second-order valence-corrected chi connectivity index (χ2v) is 8.59. The Bertz CT molecular complexity index is 783. The van der Waals surface area contributed by atoms with Gasteiger partial charge in [0.1, 0.15) is 0 Å². The Morgan fingerprint density at radius 2 is 1.96 bits per heavy atom. The molecular weight excluding hydrogens is 372 g/mol. The van der Waals surface area contributed by atoms with Gasteiger partial charge in [0.2, 0.25) is 10.0 Å². The fourth-order valence-corrected chi connectivity index (χ4v) is 4.74. The van der Waals surface area contributed by atoms with Crippen molar-refractivity contribution in [2.75, 3.05) is 31.6 Å². The minimum Gasteiger partial charge on any atom is -0.454 e. The third-order valence-corrected chi connectivity index (χ3v) is 6.50. The largest absolute Gasteiger partial charge is 0.454 e. The van der Waals surface area contributed by atoms with Crippen LogP contribution in [0.3, 0.4) is 0 Å². The predicted molar refractivity (Wildman–Crippen MR) is 97.6 cm³/mol. The third kappa shape index (κ3) is 5.06. The summed E-state index contributed by atoms with van der Waals surface area (Å²) in [6.45, 7) is 1.10. The van der Waals surface area contributed by atoms with E-state index in [0.29, 0.717) is 31.8 Å². The van der Waals surface area contributed by atoms with Crippen molar-refractivity contribution < 1.29 is 27.5 Å². The molecule has 2 fully saturated rings. The smallest absolute Gasteiger partial charge is 0.335 e. The van der Waals surface area contributed by atoms with E-state index in [2.05, 4.69) is 5.32 Å². The van der Waals surface area contributed by atoms with Crippen molar-refractivity contribution in [3.05, 3.63) is 24.3 Å². The summed E-state index contributed by atoms with van der Waals surface area (Å²) in [5.41, 5.74) is 0.339. The molecule has 1 atom stereocenters. The topological polar surface area (TPSA) is 102 Å². The first-order chi connectivity index (χ1) is 13.0. The summed E-state index contributed by atoms with van der Waals surface area (Å²) in [5.74, 6) is -1.09. The van der Waals surface area contributed by atoms with E-state index in [0.717, 1.165) is 25.7 Å². The van der Waals surface area contributed by atoms with E-state index in [1.165, 1.54) is 16.4 Å². The fourth-order valence-electron chi connectivity index (χ4n) is 3.18. The molecule has 2 aliphatic rings. The Kier molecular flexibility index (Phi) is 6.46. The summed E-state index contributed by atoms with van der Waals surface area (Å²) >= 11 is 0. The van der Waals surface area contributed by atoms with Gasteiger partial charge in [-0.2, -0.15) is 4.31 Å². The van der Waals surface area contributed by atoms with Crippen molar-refractivity contribution in [1.82, 2.24) is 4.31 Å². The number of esters is 1. The number of hydrogen-bond acceptors (Lipinski definition) is 6. The number of nitrogens with one attached hydrogen (secondary N) is 1. The van der Waals surface area contributed by atoms with Crippen LogP contribution in [0, 0.1) is 0 Å². The molecular formula is C18H24N2O6S. The van der Waals surface area contributed by atoms with Crippen LogP contribution >= 0.6 is 0 Å². The van der Waals surface area contributed by atoms with Gasteiger partial charge in [0.05, 0.1) is 4.90 Å². The number of nitrogens with zero attached hydrogens (tertiary/aromatic N) is 1. The average Bonchev–Trinajstić information content (AvgIpc) is 3.22. The highest BCUT2D eigenvalue weighted by molar-refractivity contribution is 7.89. The van der Waals surface area contributed by atoms with E-state index < -0.39 is 34.6 Å². The molecule has 1 aromatic rings. The number of piperidine rings is 1. The van der Waals surface area contributed by atoms with Gasteiger partial charge in [0.15, 0.2) is 12.7 Å². The lowest BCUT2D eigenvalue weighted by molar-refractivity contribution is -0.156. The van der Waals surface area contributed by atoms with Gasteiger partial charge in [-0.3, -0.25) is 4.79 Å². The van der Waals surface area contributed by atoms with E-state index in [1.807, 2.05) is 0 Å². The Labute approximate surface area is 158 Å². The molecule has 1 amide bonds. The quantitative estimate of drug-likeness (QED) is 0.732. The molecule has 27 heavy (non-hydrogen) atoms. The Morgan fingerprint density at radius 3 is 2.67 bits per heavy atom. The molecule has 0 spiro atoms. The molecule has 0 aromatic heterocycles. The van der Waals surface area contributed by atoms with Crippen molar-refractivity contribution >= 4 is 27.6 Å². The lowest BCUT2D eigenvalue weighted by atomic mass is 10.2. The van der Waals surface area contributed by atoms with Crippen LogP contribution in [-0.4, -0.2) is 57.0 Å². The summed E-state index contributed by atoms with van der Waals surface area (Å²) in [5, 5.41) is 2.56. The van der Waals surface area contributed by atoms with Crippen LogP contribution in [0.4, 0.5) is 5.69 Å². The molecule has 2 saturated heterocycles. The first kappa shape index (κ1) is 19.8. The second kappa shape index (κ2) is 8.81. The minimum atomic E-state index is -3.58. The number of sulfonamides is 1. The average molecular weight is 396 g/mol. The fraction of sp³-hybridized carbons (Fsp3) is 0.556. The van der Waals surface area contributed by atoms with Gasteiger partial charge in [-0.25, -0.2) is 13.2 Å². The van der Waals surface area contributed by atoms with E-state index >= 15 is 0 Å². The Balaban J connectivity index is 1.58. The molecule has 3 rings (SSSR count). The van der Waals surface area contributed by atoms with E-state index in [9.17, 15) is 18.0 Å². The SMILES string of the molecule is O=C(COC(=O)[C@@H]1CCCO1)Nc1cccc(S(=O)(=O)N2CCCCC2)c1. The molecule has 0 saturated carbocycles. The second-order valence-electron chi connectivity index (χ2n) is 6.65. The first-order valence-electron chi connectivity index (χ1n) is 9.15. The predicted octanol–water partition coefficient (Wildman–Crippen LogP) is 1.52. The Morgan fingerprint density at radius 1 is 1.19 bits per heavy atom. The number of benzene rings is 1. The molecule has 148 valence electrons. The highest BCUT2D eigenvalue weighted by Gasteiger charge is 2.27. The molecule has 9 heteroatoms. The van der Waals surface area contributed by atoms with Crippen molar-refractivity contribution in [3.63, 3.8) is 0 Å². The normalized spacial score (nSPS) is 21.0. The summed E-state index contributed by atoms with van der Waals surface area (Å²) < 4.78 is 37.1. The third-order valence-electron chi connectivity index (χ3n) is 4.61. The zero-order valence-corrected chi connectivity index (χ0v) is 15.9. The maximum atomic E-state index is 12.7. The first-order valence-corrected chi connectivity index (χ1v) is 10.6. The maximum absolute atomic E-state index is 12.7. The molecule has 0 radical (unpaired) electrons. The zero-order chi connectivity index (χ0) is 19.3. The highest BCUT2D eigenvalue weighted by Crippen LogP contribution is 2.23. The van der Waals surface area contributed by atoms with Crippen LogP contribution in [0.1, 0.15) is 32.1 Å². The molecule has 1 aromatic carbocycles. The number of carbonyl (C=O) groups is 2. The van der Waals surface area contributed by atoms with E-state index in [-0.39, 0.29) is 4.90 Å². The van der Waals surface area contributed by atoms with E-state index in [4.69, 9.17) is 9.47 Å². The number of ether oxygens (including phenoxy) is 2. The maximum Gasteiger partial charge on any atom is 0.335 e.